The molecule has 5 nitrogen and oxygen atoms in total. The minimum atomic E-state index is 0.774. The number of halogens is 1. The Hall–Kier alpha value is -2.11. The zero-order valence-corrected chi connectivity index (χ0v) is 16.1. The van der Waals surface area contributed by atoms with Gasteiger partial charge in [0.15, 0.2) is 0 Å². The van der Waals surface area contributed by atoms with E-state index in [1.54, 1.807) is 7.11 Å². The van der Waals surface area contributed by atoms with Crippen molar-refractivity contribution < 1.29 is 4.84 Å². The maximum absolute atomic E-state index is 6.14. The third kappa shape index (κ3) is 4.74. The molecule has 0 unspecified atom stereocenters. The molecule has 0 radical (unpaired) electrons. The number of piperazine rings is 1. The summed E-state index contributed by atoms with van der Waals surface area (Å²) in [6, 6.07) is 12.1. The number of nitrogens with zero attached hydrogens (tertiary/aromatic N) is 4. The smallest absolute Gasteiger partial charge is 0.128 e. The summed E-state index contributed by atoms with van der Waals surface area (Å²) in [7, 11) is 1.59. The predicted molar refractivity (Wildman–Crippen MR) is 107 cm³/mol. The highest BCUT2D eigenvalue weighted by Crippen LogP contribution is 2.18. The molecule has 0 amide bonds. The minimum absolute atomic E-state index is 0.774. The number of anilines is 1. The topological polar surface area (TPSA) is 41.0 Å². The number of aromatic nitrogens is 1. The summed E-state index contributed by atoms with van der Waals surface area (Å²) < 4.78 is 0. The highest BCUT2D eigenvalue weighted by Gasteiger charge is 2.18. The molecule has 1 saturated heterocycles. The lowest BCUT2D eigenvalue weighted by molar-refractivity contribution is 0.211. The summed E-state index contributed by atoms with van der Waals surface area (Å²) in [6.45, 7) is 7.00. The second-order valence-corrected chi connectivity index (χ2v) is 6.86. The summed E-state index contributed by atoms with van der Waals surface area (Å²) in [5, 5.41) is 5.01. The van der Waals surface area contributed by atoms with Crippen molar-refractivity contribution in [2.75, 3.05) is 44.7 Å². The lowest BCUT2D eigenvalue weighted by atomic mass is 10.0. The molecule has 6 heteroatoms. The number of benzene rings is 1. The van der Waals surface area contributed by atoms with Crippen LogP contribution < -0.4 is 4.90 Å². The molecule has 1 aromatic heterocycles. The summed E-state index contributed by atoms with van der Waals surface area (Å²) in [6.07, 6.45) is 2.70. The first-order chi connectivity index (χ1) is 12.7. The third-order valence-corrected chi connectivity index (χ3v) is 5.13. The molecule has 1 aliphatic heterocycles. The van der Waals surface area contributed by atoms with Crippen LogP contribution in [-0.4, -0.2) is 55.4 Å². The monoisotopic (exact) mass is 372 g/mol. The molecule has 26 heavy (non-hydrogen) atoms. The number of hydrogen-bond acceptors (Lipinski definition) is 5. The van der Waals surface area contributed by atoms with Crippen LogP contribution in [0.4, 0.5) is 5.82 Å². The van der Waals surface area contributed by atoms with Crippen LogP contribution in [0.15, 0.2) is 47.8 Å². The second kappa shape index (κ2) is 9.01. The van der Waals surface area contributed by atoms with Gasteiger partial charge < -0.3 is 9.74 Å². The number of pyridine rings is 1. The van der Waals surface area contributed by atoms with E-state index in [4.69, 9.17) is 16.4 Å². The van der Waals surface area contributed by atoms with E-state index in [0.717, 1.165) is 66.8 Å². The SMILES string of the molecule is CO/N=C(\CCN1CCN(c2ccccn2)CC1)c1ccc(Cl)c(C)c1. The van der Waals surface area contributed by atoms with Crippen LogP contribution in [-0.2, 0) is 4.84 Å². The molecule has 1 aromatic carbocycles. The van der Waals surface area contributed by atoms with Gasteiger partial charge in [0.05, 0.1) is 5.71 Å². The van der Waals surface area contributed by atoms with Gasteiger partial charge in [-0.15, -0.1) is 0 Å². The molecule has 3 rings (SSSR count). The molecule has 2 aromatic rings. The molecule has 2 heterocycles. The average Bonchev–Trinajstić information content (AvgIpc) is 2.68. The first kappa shape index (κ1) is 18.7. The van der Waals surface area contributed by atoms with Gasteiger partial charge in [0, 0.05) is 50.4 Å². The van der Waals surface area contributed by atoms with Crippen molar-refractivity contribution in [1.29, 1.82) is 0 Å². The van der Waals surface area contributed by atoms with E-state index in [0.29, 0.717) is 0 Å². The molecule has 138 valence electrons. The van der Waals surface area contributed by atoms with Gasteiger partial charge in [-0.25, -0.2) is 4.98 Å². The zero-order chi connectivity index (χ0) is 18.4. The van der Waals surface area contributed by atoms with Crippen LogP contribution in [0.2, 0.25) is 5.02 Å². The molecule has 0 bridgehead atoms. The Bertz CT molecular complexity index is 743. The lowest BCUT2D eigenvalue weighted by Crippen LogP contribution is -2.47. The van der Waals surface area contributed by atoms with Crippen LogP contribution >= 0.6 is 11.6 Å². The Kier molecular flexibility index (Phi) is 6.47. The second-order valence-electron chi connectivity index (χ2n) is 6.45. The maximum atomic E-state index is 6.14. The molecular weight excluding hydrogens is 348 g/mol. The summed E-state index contributed by atoms with van der Waals surface area (Å²) >= 11 is 6.14. The number of oxime groups is 1. The fourth-order valence-corrected chi connectivity index (χ4v) is 3.30. The fourth-order valence-electron chi connectivity index (χ4n) is 3.18. The molecule has 0 aliphatic carbocycles. The van der Waals surface area contributed by atoms with E-state index in [1.807, 2.05) is 37.4 Å². The van der Waals surface area contributed by atoms with Crippen LogP contribution in [0.3, 0.4) is 0 Å². The van der Waals surface area contributed by atoms with Crippen molar-refractivity contribution >= 4 is 23.1 Å². The van der Waals surface area contributed by atoms with Crippen molar-refractivity contribution in [3.8, 4) is 0 Å². The van der Waals surface area contributed by atoms with Gasteiger partial charge in [-0.1, -0.05) is 28.9 Å². The van der Waals surface area contributed by atoms with Crippen LogP contribution in [0.1, 0.15) is 17.5 Å². The predicted octanol–water partition coefficient (Wildman–Crippen LogP) is 3.61. The lowest BCUT2D eigenvalue weighted by Gasteiger charge is -2.35. The highest BCUT2D eigenvalue weighted by atomic mass is 35.5. The molecule has 1 fully saturated rings. The highest BCUT2D eigenvalue weighted by molar-refractivity contribution is 6.31. The first-order valence-corrected chi connectivity index (χ1v) is 9.30. The number of hydrogen-bond donors (Lipinski definition) is 0. The van der Waals surface area contributed by atoms with E-state index in [-0.39, 0.29) is 0 Å². The molecule has 0 atom stereocenters. The standard InChI is InChI=1S/C20H25ClN4O/c1-16-15-17(6-7-18(16)21)19(23-26-2)8-10-24-11-13-25(14-12-24)20-5-3-4-9-22-20/h3-7,9,15H,8,10-14H2,1-2H3/b23-19+. The Labute approximate surface area is 160 Å². The quantitative estimate of drug-likeness (QED) is 0.573. The fraction of sp³-hybridized carbons (Fsp3) is 0.400. The Balaban J connectivity index is 1.55. The number of rotatable bonds is 6. The molecule has 0 saturated carbocycles. The van der Waals surface area contributed by atoms with Crippen LogP contribution in [0, 0.1) is 6.92 Å². The van der Waals surface area contributed by atoms with Gasteiger partial charge in [-0.3, -0.25) is 4.90 Å². The van der Waals surface area contributed by atoms with Crippen molar-refractivity contribution in [2.24, 2.45) is 5.16 Å². The van der Waals surface area contributed by atoms with E-state index in [1.165, 1.54) is 0 Å². The maximum Gasteiger partial charge on any atom is 0.128 e. The summed E-state index contributed by atoms with van der Waals surface area (Å²) in [5.41, 5.74) is 3.08. The molecule has 0 spiro atoms. The molecule has 1 aliphatic rings. The van der Waals surface area contributed by atoms with Gasteiger partial charge in [0.25, 0.3) is 0 Å². The van der Waals surface area contributed by atoms with Gasteiger partial charge >= 0.3 is 0 Å². The zero-order valence-electron chi connectivity index (χ0n) is 15.4. The van der Waals surface area contributed by atoms with Crippen LogP contribution in [0.25, 0.3) is 0 Å². The molecule has 0 N–H and O–H groups in total. The van der Waals surface area contributed by atoms with Crippen molar-refractivity contribution in [1.82, 2.24) is 9.88 Å². The van der Waals surface area contributed by atoms with Gasteiger partial charge in [0.1, 0.15) is 12.9 Å². The minimum Gasteiger partial charge on any atom is -0.399 e. The Morgan fingerprint density at radius 1 is 1.19 bits per heavy atom. The largest absolute Gasteiger partial charge is 0.399 e. The van der Waals surface area contributed by atoms with Crippen molar-refractivity contribution in [2.45, 2.75) is 13.3 Å². The van der Waals surface area contributed by atoms with Gasteiger partial charge in [-0.2, -0.15) is 0 Å². The average molecular weight is 373 g/mol. The van der Waals surface area contributed by atoms with Gasteiger partial charge in [-0.05, 0) is 42.3 Å². The van der Waals surface area contributed by atoms with Crippen molar-refractivity contribution in [3.05, 3.63) is 58.7 Å². The Morgan fingerprint density at radius 3 is 2.65 bits per heavy atom. The number of aryl methyl sites for hydroxylation is 1. The van der Waals surface area contributed by atoms with E-state index >= 15 is 0 Å². The molecular formula is C20H25ClN4O. The van der Waals surface area contributed by atoms with Crippen molar-refractivity contribution in [3.63, 3.8) is 0 Å². The van der Waals surface area contributed by atoms with Gasteiger partial charge in [0.2, 0.25) is 0 Å². The van der Waals surface area contributed by atoms with E-state index < -0.39 is 0 Å². The first-order valence-electron chi connectivity index (χ1n) is 8.92. The normalized spacial score (nSPS) is 16.0. The van der Waals surface area contributed by atoms with E-state index in [2.05, 4.69) is 32.1 Å². The summed E-state index contributed by atoms with van der Waals surface area (Å²) in [4.78, 5) is 14.3. The Morgan fingerprint density at radius 2 is 2.00 bits per heavy atom. The summed E-state index contributed by atoms with van der Waals surface area (Å²) in [5.74, 6) is 1.06. The van der Waals surface area contributed by atoms with Crippen LogP contribution in [0.5, 0.6) is 0 Å². The van der Waals surface area contributed by atoms with E-state index in [9.17, 15) is 0 Å². The third-order valence-electron chi connectivity index (χ3n) is 4.70.